The lowest BCUT2D eigenvalue weighted by Gasteiger charge is -2.34. The molecule has 31 heavy (non-hydrogen) atoms. The molecule has 0 bridgehead atoms. The second-order valence-electron chi connectivity index (χ2n) is 8.47. The van der Waals surface area contributed by atoms with E-state index in [0.29, 0.717) is 31.7 Å². The quantitative estimate of drug-likeness (QED) is 0.692. The number of hydrogen-bond donors (Lipinski definition) is 0. The Balaban J connectivity index is 1.30. The van der Waals surface area contributed by atoms with Crippen LogP contribution in [0.15, 0.2) is 54.6 Å². The maximum Gasteiger partial charge on any atom is 0.253 e. The average Bonchev–Trinajstić information content (AvgIpc) is 2.81. The molecule has 0 radical (unpaired) electrons. The molecule has 2 fully saturated rings. The first-order chi connectivity index (χ1) is 15.0. The van der Waals surface area contributed by atoms with Gasteiger partial charge >= 0.3 is 0 Å². The summed E-state index contributed by atoms with van der Waals surface area (Å²) in [5.74, 6) is 0.0180. The Bertz CT molecular complexity index is 963. The van der Waals surface area contributed by atoms with Crippen LogP contribution < -0.4 is 0 Å². The number of rotatable bonds is 6. The van der Waals surface area contributed by atoms with Gasteiger partial charge in [0.2, 0.25) is 10.0 Å². The van der Waals surface area contributed by atoms with Gasteiger partial charge in [-0.2, -0.15) is 0 Å². The fourth-order valence-electron chi connectivity index (χ4n) is 4.32. The zero-order chi connectivity index (χ0) is 21.7. The van der Waals surface area contributed by atoms with Gasteiger partial charge in [0.1, 0.15) is 0 Å². The molecule has 7 heteroatoms. The normalized spacial score (nSPS) is 18.8. The van der Waals surface area contributed by atoms with Gasteiger partial charge in [-0.1, -0.05) is 48.9 Å². The highest BCUT2D eigenvalue weighted by Gasteiger charge is 2.25. The zero-order valence-corrected chi connectivity index (χ0v) is 18.8. The highest BCUT2D eigenvalue weighted by Crippen LogP contribution is 2.18. The highest BCUT2D eigenvalue weighted by molar-refractivity contribution is 7.88. The number of benzene rings is 2. The Morgan fingerprint density at radius 2 is 1.39 bits per heavy atom. The molecule has 0 aliphatic carbocycles. The van der Waals surface area contributed by atoms with Gasteiger partial charge in [0.25, 0.3) is 5.91 Å². The topological polar surface area (TPSA) is 60.9 Å². The third-order valence-electron chi connectivity index (χ3n) is 6.17. The van der Waals surface area contributed by atoms with Crippen LogP contribution in [-0.4, -0.2) is 67.7 Å². The molecule has 2 saturated heterocycles. The Morgan fingerprint density at radius 3 is 2.03 bits per heavy atom. The van der Waals surface area contributed by atoms with Crippen molar-refractivity contribution in [2.24, 2.45) is 0 Å². The summed E-state index contributed by atoms with van der Waals surface area (Å²) in [5.41, 5.74) is 2.64. The molecule has 4 rings (SSSR count). The van der Waals surface area contributed by atoms with Crippen molar-refractivity contribution in [3.8, 4) is 0 Å². The number of carbonyl (C=O) groups excluding carboxylic acids is 1. The highest BCUT2D eigenvalue weighted by atomic mass is 32.2. The Labute approximate surface area is 185 Å². The molecule has 0 unspecified atom stereocenters. The summed E-state index contributed by atoms with van der Waals surface area (Å²) >= 11 is 0. The minimum atomic E-state index is -3.29. The van der Waals surface area contributed by atoms with Crippen molar-refractivity contribution in [1.29, 1.82) is 0 Å². The largest absolute Gasteiger partial charge is 0.336 e. The molecule has 0 atom stereocenters. The van der Waals surface area contributed by atoms with Gasteiger partial charge in [0.15, 0.2) is 0 Å². The summed E-state index contributed by atoms with van der Waals surface area (Å²) < 4.78 is 26.9. The number of piperazine rings is 1. The van der Waals surface area contributed by atoms with E-state index in [4.69, 9.17) is 0 Å². The molecule has 6 nitrogen and oxygen atoms in total. The molecule has 0 aromatic heterocycles. The first-order valence-corrected chi connectivity index (χ1v) is 12.7. The van der Waals surface area contributed by atoms with Crippen molar-refractivity contribution in [3.05, 3.63) is 71.3 Å². The van der Waals surface area contributed by atoms with Gasteiger partial charge in [-0.15, -0.1) is 0 Å². The third kappa shape index (κ3) is 5.73. The predicted octanol–water partition coefficient (Wildman–Crippen LogP) is 2.96. The van der Waals surface area contributed by atoms with Gasteiger partial charge in [-0.3, -0.25) is 9.69 Å². The maximum absolute atomic E-state index is 12.9. The molecule has 2 aliphatic heterocycles. The van der Waals surface area contributed by atoms with Crippen molar-refractivity contribution in [3.63, 3.8) is 0 Å². The molecule has 2 heterocycles. The van der Waals surface area contributed by atoms with E-state index in [1.54, 1.807) is 28.6 Å². The molecule has 166 valence electrons. The van der Waals surface area contributed by atoms with Crippen molar-refractivity contribution in [2.75, 3.05) is 39.3 Å². The van der Waals surface area contributed by atoms with Crippen molar-refractivity contribution >= 4 is 15.9 Å². The van der Waals surface area contributed by atoms with E-state index in [-0.39, 0.29) is 11.7 Å². The number of carbonyl (C=O) groups is 1. The van der Waals surface area contributed by atoms with E-state index in [9.17, 15) is 13.2 Å². The predicted molar refractivity (Wildman–Crippen MR) is 122 cm³/mol. The van der Waals surface area contributed by atoms with Gasteiger partial charge in [-0.05, 0) is 36.1 Å². The van der Waals surface area contributed by atoms with Crippen LogP contribution >= 0.6 is 0 Å². The fraction of sp³-hybridized carbons (Fsp3) is 0.458. The van der Waals surface area contributed by atoms with Gasteiger partial charge < -0.3 is 4.90 Å². The Morgan fingerprint density at radius 1 is 0.742 bits per heavy atom. The van der Waals surface area contributed by atoms with Crippen LogP contribution in [0.25, 0.3) is 0 Å². The number of nitrogens with zero attached hydrogens (tertiary/aromatic N) is 3. The average molecular weight is 442 g/mol. The minimum absolute atomic E-state index is 0.000366. The molecule has 2 aromatic carbocycles. The lowest BCUT2D eigenvalue weighted by Crippen LogP contribution is -2.48. The third-order valence-corrected chi connectivity index (χ3v) is 8.02. The summed E-state index contributed by atoms with van der Waals surface area (Å²) in [6.07, 6.45) is 2.97. The van der Waals surface area contributed by atoms with Gasteiger partial charge in [0.05, 0.1) is 5.75 Å². The zero-order valence-electron chi connectivity index (χ0n) is 17.9. The lowest BCUT2D eigenvalue weighted by molar-refractivity contribution is 0.0628. The van der Waals surface area contributed by atoms with Crippen LogP contribution in [-0.2, 0) is 22.3 Å². The molecule has 0 spiro atoms. The first kappa shape index (κ1) is 22.0. The van der Waals surface area contributed by atoms with Crippen LogP contribution in [0.5, 0.6) is 0 Å². The van der Waals surface area contributed by atoms with E-state index in [1.807, 2.05) is 11.0 Å². The standard InChI is InChI=1S/C24H31N3O3S/c28-24(26-17-15-25(16-18-26)19-21-7-3-1-4-8-21)23-11-9-22(10-12-23)20-31(29,30)27-13-5-2-6-14-27/h1,3-4,7-12H,2,5-6,13-20H2. The number of hydrogen-bond acceptors (Lipinski definition) is 4. The summed E-state index contributed by atoms with van der Waals surface area (Å²) in [6, 6.07) is 17.5. The molecule has 2 aromatic rings. The number of piperidine rings is 1. The lowest BCUT2D eigenvalue weighted by atomic mass is 10.1. The molecule has 1 amide bonds. The van der Waals surface area contributed by atoms with E-state index >= 15 is 0 Å². The molecular weight excluding hydrogens is 410 g/mol. The van der Waals surface area contributed by atoms with E-state index in [1.165, 1.54) is 5.56 Å². The van der Waals surface area contributed by atoms with Crippen molar-refractivity contribution < 1.29 is 13.2 Å². The summed E-state index contributed by atoms with van der Waals surface area (Å²) in [4.78, 5) is 17.1. The van der Waals surface area contributed by atoms with Crippen molar-refractivity contribution in [1.82, 2.24) is 14.1 Å². The monoisotopic (exact) mass is 441 g/mol. The second kappa shape index (κ2) is 9.94. The van der Waals surface area contributed by atoms with Crippen LogP contribution in [0, 0.1) is 0 Å². The summed E-state index contributed by atoms with van der Waals surface area (Å²) in [5, 5.41) is 0. The number of amides is 1. The van der Waals surface area contributed by atoms with E-state index in [2.05, 4.69) is 29.2 Å². The molecular formula is C24H31N3O3S. The van der Waals surface area contributed by atoms with E-state index < -0.39 is 10.0 Å². The molecule has 2 aliphatic rings. The Kier molecular flexibility index (Phi) is 7.05. The van der Waals surface area contributed by atoms with Crippen LogP contribution in [0.1, 0.15) is 40.7 Å². The number of sulfonamides is 1. The van der Waals surface area contributed by atoms with Crippen LogP contribution in [0.4, 0.5) is 0 Å². The first-order valence-electron chi connectivity index (χ1n) is 11.1. The smallest absolute Gasteiger partial charge is 0.253 e. The molecule has 0 saturated carbocycles. The van der Waals surface area contributed by atoms with Crippen LogP contribution in [0.2, 0.25) is 0 Å². The SMILES string of the molecule is O=C(c1ccc(CS(=O)(=O)N2CCCCC2)cc1)N1CCN(Cc2ccccc2)CC1. The van der Waals surface area contributed by atoms with Crippen LogP contribution in [0.3, 0.4) is 0 Å². The summed E-state index contributed by atoms with van der Waals surface area (Å²) in [7, 11) is -3.29. The molecule has 0 N–H and O–H groups in total. The van der Waals surface area contributed by atoms with Crippen molar-refractivity contribution in [2.45, 2.75) is 31.6 Å². The fourth-order valence-corrected chi connectivity index (χ4v) is 5.93. The minimum Gasteiger partial charge on any atom is -0.336 e. The second-order valence-corrected chi connectivity index (χ2v) is 10.4. The van der Waals surface area contributed by atoms with Gasteiger partial charge in [-0.25, -0.2) is 12.7 Å². The van der Waals surface area contributed by atoms with E-state index in [0.717, 1.165) is 44.5 Å². The van der Waals surface area contributed by atoms with Gasteiger partial charge in [0, 0.05) is 51.4 Å². The maximum atomic E-state index is 12.9. The summed E-state index contributed by atoms with van der Waals surface area (Å²) in [6.45, 7) is 5.26. The Hall–Kier alpha value is -2.22.